The first kappa shape index (κ1) is 14.2. The topological polar surface area (TPSA) is 53.3 Å². The zero-order chi connectivity index (χ0) is 12.9. The van der Waals surface area contributed by atoms with Crippen LogP contribution in [0.3, 0.4) is 0 Å². The smallest absolute Gasteiger partial charge is 0.0869 e. The monoisotopic (exact) mass is 240 g/mol. The Bertz CT molecular complexity index is 333. The van der Waals surface area contributed by atoms with Crippen LogP contribution in [0.1, 0.15) is 12.6 Å². The van der Waals surface area contributed by atoms with Crippen LogP contribution in [0.4, 0.5) is 0 Å². The van der Waals surface area contributed by atoms with Crippen molar-refractivity contribution in [2.45, 2.75) is 18.9 Å². The van der Waals surface area contributed by atoms with Crippen molar-refractivity contribution in [1.29, 1.82) is 0 Å². The van der Waals surface area contributed by atoms with Gasteiger partial charge in [0, 0.05) is 45.0 Å². The zero-order valence-electron chi connectivity index (χ0n) is 11.3. The quantitative estimate of drug-likeness (QED) is 0.652. The number of nitrogens with zero attached hydrogens (tertiary/aromatic N) is 3. The summed E-state index contributed by atoms with van der Waals surface area (Å²) in [7, 11) is 5.87. The molecule has 17 heavy (non-hydrogen) atoms. The molecule has 0 saturated heterocycles. The van der Waals surface area contributed by atoms with Crippen LogP contribution >= 0.6 is 0 Å². The molecule has 1 aromatic heterocycles. The Hall–Kier alpha value is -0.910. The Labute approximate surface area is 103 Å². The zero-order valence-corrected chi connectivity index (χ0v) is 11.3. The van der Waals surface area contributed by atoms with Gasteiger partial charge >= 0.3 is 0 Å². The van der Waals surface area contributed by atoms with Gasteiger partial charge in [-0.25, -0.2) is 0 Å². The molecule has 1 atom stereocenters. The maximum atomic E-state index is 10.1. The lowest BCUT2D eigenvalue weighted by molar-refractivity contribution is 0.0341. The molecule has 5 nitrogen and oxygen atoms in total. The third-order valence-corrected chi connectivity index (χ3v) is 2.64. The molecule has 0 bridgehead atoms. The van der Waals surface area contributed by atoms with Crippen molar-refractivity contribution in [2.75, 3.05) is 33.7 Å². The molecule has 0 radical (unpaired) electrons. The minimum Gasteiger partial charge on any atom is -0.388 e. The fraction of sp³-hybridized carbons (Fsp3) is 0.750. The van der Waals surface area contributed by atoms with Gasteiger partial charge in [0.15, 0.2) is 0 Å². The molecule has 0 aliphatic heterocycles. The van der Waals surface area contributed by atoms with Crippen LogP contribution in [0.25, 0.3) is 0 Å². The summed E-state index contributed by atoms with van der Waals surface area (Å²) in [4.78, 5) is 1.99. The Kier molecular flexibility index (Phi) is 5.11. The van der Waals surface area contributed by atoms with Crippen molar-refractivity contribution in [2.24, 2.45) is 7.05 Å². The second-order valence-electron chi connectivity index (χ2n) is 5.11. The van der Waals surface area contributed by atoms with Gasteiger partial charge in [0.05, 0.1) is 5.60 Å². The van der Waals surface area contributed by atoms with Crippen molar-refractivity contribution in [1.82, 2.24) is 20.0 Å². The van der Waals surface area contributed by atoms with Gasteiger partial charge in [0.1, 0.15) is 0 Å². The van der Waals surface area contributed by atoms with Crippen molar-refractivity contribution in [3.05, 3.63) is 18.0 Å². The number of rotatable bonds is 7. The van der Waals surface area contributed by atoms with Crippen LogP contribution < -0.4 is 5.32 Å². The van der Waals surface area contributed by atoms with Gasteiger partial charge in [-0.05, 0) is 27.1 Å². The lowest BCUT2D eigenvalue weighted by Gasteiger charge is -2.27. The molecule has 1 rings (SSSR count). The molecule has 0 saturated carbocycles. The number of likely N-dealkylation sites (N-methyl/N-ethyl adjacent to an activating group) is 1. The number of hydrogen-bond acceptors (Lipinski definition) is 4. The first-order chi connectivity index (χ1) is 7.91. The highest BCUT2D eigenvalue weighted by Gasteiger charge is 2.20. The van der Waals surface area contributed by atoms with E-state index in [1.54, 1.807) is 6.20 Å². The number of aliphatic hydroxyl groups is 1. The van der Waals surface area contributed by atoms with Gasteiger partial charge in [-0.15, -0.1) is 0 Å². The number of nitrogens with one attached hydrogen (secondary N) is 1. The Morgan fingerprint density at radius 2 is 2.24 bits per heavy atom. The summed E-state index contributed by atoms with van der Waals surface area (Å²) in [5.74, 6) is 0. The minimum absolute atomic E-state index is 0.600. The lowest BCUT2D eigenvalue weighted by atomic mass is 10.1. The predicted octanol–water partition coefficient (Wildman–Crippen LogP) is -0.135. The van der Waals surface area contributed by atoms with Crippen molar-refractivity contribution in [3.63, 3.8) is 0 Å². The van der Waals surface area contributed by atoms with Gasteiger partial charge in [-0.1, -0.05) is 0 Å². The van der Waals surface area contributed by atoms with Crippen LogP contribution in [0.15, 0.2) is 12.3 Å². The molecule has 1 heterocycles. The predicted molar refractivity (Wildman–Crippen MR) is 69.0 cm³/mol. The Balaban J connectivity index is 2.22. The van der Waals surface area contributed by atoms with Crippen LogP contribution in [0.2, 0.25) is 0 Å². The highest BCUT2D eigenvalue weighted by Crippen LogP contribution is 2.02. The lowest BCUT2D eigenvalue weighted by Crippen LogP contribution is -2.46. The van der Waals surface area contributed by atoms with Crippen molar-refractivity contribution >= 4 is 0 Å². The molecule has 0 spiro atoms. The summed E-state index contributed by atoms with van der Waals surface area (Å²) in [6, 6.07) is 2.01. The molecule has 0 amide bonds. The SMILES string of the molecule is CN(C)CC(C)(O)CNCCc1ccnn1C. The molecule has 1 aromatic rings. The number of aromatic nitrogens is 2. The largest absolute Gasteiger partial charge is 0.388 e. The van der Waals surface area contributed by atoms with E-state index in [2.05, 4.69) is 10.4 Å². The summed E-state index contributed by atoms with van der Waals surface area (Å²) in [5, 5.41) is 17.5. The molecule has 0 fully saturated rings. The molecule has 2 N–H and O–H groups in total. The standard InChI is InChI=1S/C12H24N4O/c1-12(17,10-15(2)3)9-13-7-5-11-6-8-14-16(11)4/h6,8,13,17H,5,7,9-10H2,1-4H3. The third-order valence-electron chi connectivity index (χ3n) is 2.64. The highest BCUT2D eigenvalue weighted by atomic mass is 16.3. The fourth-order valence-electron chi connectivity index (χ4n) is 1.96. The van der Waals surface area contributed by atoms with E-state index >= 15 is 0 Å². The Morgan fingerprint density at radius 1 is 1.53 bits per heavy atom. The maximum absolute atomic E-state index is 10.1. The first-order valence-corrected chi connectivity index (χ1v) is 5.95. The molecule has 5 heteroatoms. The first-order valence-electron chi connectivity index (χ1n) is 5.95. The summed E-state index contributed by atoms with van der Waals surface area (Å²) in [5.41, 5.74) is 0.514. The summed E-state index contributed by atoms with van der Waals surface area (Å²) in [6.07, 6.45) is 2.73. The van der Waals surface area contributed by atoms with Crippen LogP contribution in [0.5, 0.6) is 0 Å². The van der Waals surface area contributed by atoms with E-state index in [1.165, 1.54) is 5.69 Å². The van der Waals surface area contributed by atoms with Gasteiger partial charge in [0.2, 0.25) is 0 Å². The van der Waals surface area contributed by atoms with E-state index in [0.29, 0.717) is 13.1 Å². The average molecular weight is 240 g/mol. The van der Waals surface area contributed by atoms with Gasteiger partial charge in [0.25, 0.3) is 0 Å². The molecule has 0 aliphatic carbocycles. The van der Waals surface area contributed by atoms with E-state index in [4.69, 9.17) is 0 Å². The maximum Gasteiger partial charge on any atom is 0.0869 e. The van der Waals surface area contributed by atoms with E-state index in [9.17, 15) is 5.11 Å². The summed E-state index contributed by atoms with van der Waals surface area (Å²) in [6.45, 7) is 3.96. The van der Waals surface area contributed by atoms with Gasteiger partial charge < -0.3 is 15.3 Å². The molecule has 1 unspecified atom stereocenters. The van der Waals surface area contributed by atoms with E-state index < -0.39 is 5.60 Å². The number of hydrogen-bond donors (Lipinski definition) is 2. The van der Waals surface area contributed by atoms with Gasteiger partial charge in [-0.3, -0.25) is 4.68 Å². The summed E-state index contributed by atoms with van der Waals surface area (Å²) >= 11 is 0. The van der Waals surface area contributed by atoms with E-state index in [-0.39, 0.29) is 0 Å². The van der Waals surface area contributed by atoms with Crippen LogP contribution in [0, 0.1) is 0 Å². The van der Waals surface area contributed by atoms with E-state index in [0.717, 1.165) is 13.0 Å². The second kappa shape index (κ2) is 6.14. The molecular weight excluding hydrogens is 216 g/mol. The normalized spacial score (nSPS) is 15.2. The molecule has 0 aromatic carbocycles. The molecule has 0 aliphatic rings. The number of aryl methyl sites for hydroxylation is 1. The Morgan fingerprint density at radius 3 is 2.76 bits per heavy atom. The molecule has 98 valence electrons. The minimum atomic E-state index is -0.685. The second-order valence-corrected chi connectivity index (χ2v) is 5.11. The van der Waals surface area contributed by atoms with Crippen LogP contribution in [-0.4, -0.2) is 59.1 Å². The summed E-state index contributed by atoms with van der Waals surface area (Å²) < 4.78 is 1.87. The third kappa shape index (κ3) is 5.30. The van der Waals surface area contributed by atoms with Crippen LogP contribution in [-0.2, 0) is 13.5 Å². The highest BCUT2D eigenvalue weighted by molar-refractivity contribution is 5.00. The average Bonchev–Trinajstić information content (AvgIpc) is 2.57. The molecular formula is C12H24N4O. The fourth-order valence-corrected chi connectivity index (χ4v) is 1.96. The van der Waals surface area contributed by atoms with Gasteiger partial charge in [-0.2, -0.15) is 5.10 Å². The van der Waals surface area contributed by atoms with Crippen molar-refractivity contribution < 1.29 is 5.11 Å². The van der Waals surface area contributed by atoms with E-state index in [1.807, 2.05) is 43.7 Å². The van der Waals surface area contributed by atoms with Crippen molar-refractivity contribution in [3.8, 4) is 0 Å².